The minimum absolute atomic E-state index is 0.949. The van der Waals surface area contributed by atoms with Gasteiger partial charge in [-0.05, 0) is 19.4 Å². The third-order valence-electron chi connectivity index (χ3n) is 1.44. The van der Waals surface area contributed by atoms with Gasteiger partial charge in [-0.15, -0.1) is 5.10 Å². The summed E-state index contributed by atoms with van der Waals surface area (Å²) in [4.78, 5) is 0. The van der Waals surface area contributed by atoms with Crippen LogP contribution in [-0.2, 0) is 7.05 Å². The third-order valence-corrected chi connectivity index (χ3v) is 1.44. The third kappa shape index (κ3) is 1.23. The number of aromatic nitrogens is 3. The molecule has 0 bridgehead atoms. The van der Waals surface area contributed by atoms with Crippen LogP contribution in [0, 0.1) is 0 Å². The van der Waals surface area contributed by atoms with Crippen LogP contribution in [0.5, 0.6) is 0 Å². The molecule has 0 radical (unpaired) electrons. The summed E-state index contributed by atoms with van der Waals surface area (Å²) in [7, 11) is 1.86. The lowest BCUT2D eigenvalue weighted by Crippen LogP contribution is -1.85. The summed E-state index contributed by atoms with van der Waals surface area (Å²) in [6.07, 6.45) is 3.92. The van der Waals surface area contributed by atoms with Crippen LogP contribution in [-0.4, -0.2) is 15.0 Å². The summed E-state index contributed by atoms with van der Waals surface area (Å²) in [6.45, 7) is 4.01. The van der Waals surface area contributed by atoms with Crippen LogP contribution in [0.3, 0.4) is 0 Å². The van der Waals surface area contributed by atoms with E-state index < -0.39 is 0 Å². The minimum atomic E-state index is 0.949. The van der Waals surface area contributed by atoms with E-state index in [0.29, 0.717) is 0 Å². The molecular formula is C7H11N3. The molecule has 0 unspecified atom stereocenters. The van der Waals surface area contributed by atoms with Crippen molar-refractivity contribution in [2.24, 2.45) is 7.05 Å². The summed E-state index contributed by atoms with van der Waals surface area (Å²) in [5.41, 5.74) is 2.11. The normalized spacial score (nSPS) is 12.1. The zero-order chi connectivity index (χ0) is 7.56. The molecule has 1 aromatic rings. The molecule has 54 valence electrons. The second kappa shape index (κ2) is 2.64. The van der Waals surface area contributed by atoms with Gasteiger partial charge in [-0.2, -0.15) is 0 Å². The molecule has 10 heavy (non-hydrogen) atoms. The first-order valence-electron chi connectivity index (χ1n) is 3.23. The largest absolute Gasteiger partial charge is 0.255 e. The van der Waals surface area contributed by atoms with E-state index in [9.17, 15) is 0 Å². The molecule has 0 N–H and O–H groups in total. The summed E-state index contributed by atoms with van der Waals surface area (Å²) in [5.74, 6) is 0. The van der Waals surface area contributed by atoms with E-state index in [0.717, 1.165) is 11.3 Å². The molecule has 1 rings (SSSR count). The van der Waals surface area contributed by atoms with Crippen molar-refractivity contribution in [1.29, 1.82) is 0 Å². The SMILES string of the molecule is CC=C(C)c1cn(C)nn1. The highest BCUT2D eigenvalue weighted by atomic mass is 15.4. The van der Waals surface area contributed by atoms with E-state index in [2.05, 4.69) is 10.3 Å². The first-order chi connectivity index (χ1) is 4.74. The molecule has 1 heterocycles. The zero-order valence-electron chi connectivity index (χ0n) is 6.50. The number of hydrogen-bond donors (Lipinski definition) is 0. The van der Waals surface area contributed by atoms with Gasteiger partial charge in [0.15, 0.2) is 0 Å². The topological polar surface area (TPSA) is 30.7 Å². The highest BCUT2D eigenvalue weighted by Gasteiger charge is 1.97. The van der Waals surface area contributed by atoms with E-state index in [1.165, 1.54) is 0 Å². The Kier molecular flexibility index (Phi) is 1.85. The van der Waals surface area contributed by atoms with Gasteiger partial charge in [0.25, 0.3) is 0 Å². The van der Waals surface area contributed by atoms with Gasteiger partial charge in [0.2, 0.25) is 0 Å². The number of hydrogen-bond acceptors (Lipinski definition) is 2. The van der Waals surface area contributed by atoms with Gasteiger partial charge in [0.1, 0.15) is 5.69 Å². The van der Waals surface area contributed by atoms with Crippen molar-refractivity contribution >= 4 is 5.57 Å². The predicted octanol–water partition coefficient (Wildman–Crippen LogP) is 1.24. The van der Waals surface area contributed by atoms with E-state index in [1.54, 1.807) is 4.68 Å². The fraction of sp³-hybridized carbons (Fsp3) is 0.429. The highest BCUT2D eigenvalue weighted by Crippen LogP contribution is 2.07. The second-order valence-electron chi connectivity index (χ2n) is 2.25. The van der Waals surface area contributed by atoms with Crippen LogP contribution in [0.1, 0.15) is 19.5 Å². The van der Waals surface area contributed by atoms with Crippen LogP contribution >= 0.6 is 0 Å². The van der Waals surface area contributed by atoms with Gasteiger partial charge < -0.3 is 0 Å². The first kappa shape index (κ1) is 6.99. The molecule has 3 heteroatoms. The van der Waals surface area contributed by atoms with Crippen molar-refractivity contribution < 1.29 is 0 Å². The van der Waals surface area contributed by atoms with Crippen molar-refractivity contribution in [1.82, 2.24) is 15.0 Å². The Morgan fingerprint density at radius 3 is 2.80 bits per heavy atom. The van der Waals surface area contributed by atoms with E-state index >= 15 is 0 Å². The fourth-order valence-electron chi connectivity index (χ4n) is 0.676. The highest BCUT2D eigenvalue weighted by molar-refractivity contribution is 5.58. The van der Waals surface area contributed by atoms with Crippen LogP contribution in [0.2, 0.25) is 0 Å². The van der Waals surface area contributed by atoms with Crippen LogP contribution in [0.25, 0.3) is 5.57 Å². The van der Waals surface area contributed by atoms with Crippen LogP contribution in [0.4, 0.5) is 0 Å². The van der Waals surface area contributed by atoms with Gasteiger partial charge in [-0.25, -0.2) is 0 Å². The predicted molar refractivity (Wildman–Crippen MR) is 40.3 cm³/mol. The summed E-state index contributed by atoms with van der Waals surface area (Å²) >= 11 is 0. The maximum absolute atomic E-state index is 3.93. The van der Waals surface area contributed by atoms with Gasteiger partial charge in [-0.3, -0.25) is 4.68 Å². The number of allylic oxidation sites excluding steroid dienone is 2. The average Bonchev–Trinajstić information content (AvgIpc) is 2.34. The number of rotatable bonds is 1. The maximum atomic E-state index is 3.93. The van der Waals surface area contributed by atoms with Crippen LogP contribution < -0.4 is 0 Å². The molecule has 0 aliphatic rings. The molecule has 0 fully saturated rings. The monoisotopic (exact) mass is 137 g/mol. The standard InChI is InChI=1S/C7H11N3/c1-4-6(2)7-5-10(3)9-8-7/h4-5H,1-3H3. The molecule has 0 saturated heterocycles. The smallest absolute Gasteiger partial charge is 0.108 e. The quantitative estimate of drug-likeness (QED) is 0.583. The Morgan fingerprint density at radius 2 is 2.40 bits per heavy atom. The molecule has 0 spiro atoms. The molecule has 0 aromatic carbocycles. The van der Waals surface area contributed by atoms with Gasteiger partial charge in [0.05, 0.1) is 6.20 Å². The second-order valence-corrected chi connectivity index (χ2v) is 2.25. The Balaban J connectivity index is 2.95. The lowest BCUT2D eigenvalue weighted by Gasteiger charge is -1.88. The van der Waals surface area contributed by atoms with Crippen molar-refractivity contribution in [3.63, 3.8) is 0 Å². The van der Waals surface area contributed by atoms with E-state index in [4.69, 9.17) is 0 Å². The molecule has 1 aromatic heterocycles. The van der Waals surface area contributed by atoms with Gasteiger partial charge in [-0.1, -0.05) is 11.3 Å². The first-order valence-corrected chi connectivity index (χ1v) is 3.23. The molecule has 0 aliphatic carbocycles. The minimum Gasteiger partial charge on any atom is -0.255 e. The van der Waals surface area contributed by atoms with E-state index in [-0.39, 0.29) is 0 Å². The van der Waals surface area contributed by atoms with Gasteiger partial charge >= 0.3 is 0 Å². The number of nitrogens with zero attached hydrogens (tertiary/aromatic N) is 3. The van der Waals surface area contributed by atoms with Crippen molar-refractivity contribution in [2.75, 3.05) is 0 Å². The molecule has 0 atom stereocenters. The summed E-state index contributed by atoms with van der Waals surface area (Å²) in [6, 6.07) is 0. The van der Waals surface area contributed by atoms with Crippen molar-refractivity contribution in [3.8, 4) is 0 Å². The van der Waals surface area contributed by atoms with Crippen LogP contribution in [0.15, 0.2) is 12.3 Å². The van der Waals surface area contributed by atoms with Crippen molar-refractivity contribution in [3.05, 3.63) is 18.0 Å². The summed E-state index contributed by atoms with van der Waals surface area (Å²) in [5, 5.41) is 7.74. The lowest BCUT2D eigenvalue weighted by atomic mass is 10.2. The Morgan fingerprint density at radius 1 is 1.70 bits per heavy atom. The Labute approximate surface area is 60.4 Å². The van der Waals surface area contributed by atoms with E-state index in [1.807, 2.05) is 33.2 Å². The Bertz CT molecular complexity index is 247. The van der Waals surface area contributed by atoms with Gasteiger partial charge in [0, 0.05) is 7.05 Å². The zero-order valence-corrected chi connectivity index (χ0v) is 6.50. The lowest BCUT2D eigenvalue weighted by molar-refractivity contribution is 0.714. The molecule has 0 amide bonds. The molecule has 0 aliphatic heterocycles. The summed E-state index contributed by atoms with van der Waals surface area (Å²) < 4.78 is 1.70. The number of aryl methyl sites for hydroxylation is 1. The molecule has 3 nitrogen and oxygen atoms in total. The molecular weight excluding hydrogens is 126 g/mol. The fourth-order valence-corrected chi connectivity index (χ4v) is 0.676. The average molecular weight is 137 g/mol. The maximum Gasteiger partial charge on any atom is 0.108 e. The molecule has 0 saturated carbocycles. The Hall–Kier alpha value is -1.12. The van der Waals surface area contributed by atoms with Crippen molar-refractivity contribution in [2.45, 2.75) is 13.8 Å².